The molecule has 0 amide bonds. The predicted octanol–water partition coefficient (Wildman–Crippen LogP) is 2.09. The van der Waals surface area contributed by atoms with Gasteiger partial charge in [-0.05, 0) is 19.1 Å². The summed E-state index contributed by atoms with van der Waals surface area (Å²) in [5.74, 6) is -3.34. The van der Waals surface area contributed by atoms with E-state index in [1.807, 2.05) is 0 Å². The second kappa shape index (κ2) is 3.86. The molecule has 0 radical (unpaired) electrons. The Balaban J connectivity index is 3.55. The maximum Gasteiger partial charge on any atom is 0.267 e. The Bertz CT molecular complexity index is 502. The van der Waals surface area contributed by atoms with E-state index in [0.29, 0.717) is 12.1 Å². The van der Waals surface area contributed by atoms with E-state index in [-0.39, 0.29) is 5.56 Å². The average Bonchev–Trinajstić information content (AvgIpc) is 1.99. The summed E-state index contributed by atoms with van der Waals surface area (Å²) in [4.78, 5) is 9.55. The van der Waals surface area contributed by atoms with Gasteiger partial charge in [-0.25, -0.2) is 17.2 Å². The summed E-state index contributed by atoms with van der Waals surface area (Å²) in [6, 6.07) is 1.25. The number of benzene rings is 1. The molecule has 1 aromatic carbocycles. The highest BCUT2D eigenvalue weighted by Gasteiger charge is 2.23. The molecule has 0 aromatic heterocycles. The van der Waals surface area contributed by atoms with E-state index < -0.39 is 31.4 Å². The van der Waals surface area contributed by atoms with Crippen molar-refractivity contribution in [2.24, 2.45) is 0 Å². The number of carbonyl (C=O) groups excluding carboxylic acids is 1. The zero-order valence-electron chi connectivity index (χ0n) is 7.42. The first-order chi connectivity index (χ1) is 6.73. The summed E-state index contributed by atoms with van der Waals surface area (Å²) in [6.45, 7) is 1.10. The minimum absolute atomic E-state index is 0.255. The number of hydrogen-bond donors (Lipinski definition) is 0. The van der Waals surface area contributed by atoms with Crippen molar-refractivity contribution < 1.29 is 22.0 Å². The van der Waals surface area contributed by atoms with Crippen molar-refractivity contribution in [3.8, 4) is 0 Å². The van der Waals surface area contributed by atoms with Gasteiger partial charge in [-0.2, -0.15) is 0 Å². The van der Waals surface area contributed by atoms with Gasteiger partial charge in [0.2, 0.25) is 0 Å². The number of rotatable bonds is 2. The third kappa shape index (κ3) is 2.51. The van der Waals surface area contributed by atoms with Crippen LogP contribution in [0.15, 0.2) is 17.0 Å². The summed E-state index contributed by atoms with van der Waals surface area (Å²) in [5.41, 5.74) is -0.255. The van der Waals surface area contributed by atoms with Crippen LogP contribution in [0.3, 0.4) is 0 Å². The zero-order chi connectivity index (χ0) is 11.8. The number of ketones is 1. The van der Waals surface area contributed by atoms with Crippen molar-refractivity contribution in [2.45, 2.75) is 11.8 Å². The van der Waals surface area contributed by atoms with E-state index >= 15 is 0 Å². The van der Waals surface area contributed by atoms with Crippen LogP contribution in [-0.4, -0.2) is 14.2 Å². The molecule has 1 aromatic rings. The van der Waals surface area contributed by atoms with Crippen LogP contribution in [0.1, 0.15) is 17.3 Å². The third-order valence-corrected chi connectivity index (χ3v) is 2.99. The molecule has 15 heavy (non-hydrogen) atoms. The molecule has 0 aliphatic carbocycles. The lowest BCUT2D eigenvalue weighted by molar-refractivity contribution is 0.101. The summed E-state index contributed by atoms with van der Waals surface area (Å²) < 4.78 is 47.7. The molecule has 0 aliphatic rings. The van der Waals surface area contributed by atoms with Crippen molar-refractivity contribution in [3.05, 3.63) is 29.3 Å². The van der Waals surface area contributed by atoms with Crippen molar-refractivity contribution in [1.29, 1.82) is 0 Å². The Morgan fingerprint density at radius 1 is 1.27 bits per heavy atom. The molecule has 0 unspecified atom stereocenters. The maximum absolute atomic E-state index is 13.1. The van der Waals surface area contributed by atoms with Gasteiger partial charge in [0.15, 0.2) is 10.7 Å². The largest absolute Gasteiger partial charge is 0.295 e. The fourth-order valence-corrected chi connectivity index (χ4v) is 2.02. The van der Waals surface area contributed by atoms with E-state index in [0.717, 1.165) is 6.92 Å². The van der Waals surface area contributed by atoms with Gasteiger partial charge < -0.3 is 0 Å². The van der Waals surface area contributed by atoms with Gasteiger partial charge in [0, 0.05) is 16.2 Å². The standard InChI is InChI=1S/C8H5ClF2O3S/c1-4(12)5-2-6(10)8(7(11)3-5)15(9,13)14/h2-3H,1H3. The Morgan fingerprint density at radius 2 is 1.67 bits per heavy atom. The van der Waals surface area contributed by atoms with Crippen LogP contribution < -0.4 is 0 Å². The van der Waals surface area contributed by atoms with E-state index in [2.05, 4.69) is 0 Å². The number of carbonyl (C=O) groups is 1. The minimum atomic E-state index is -4.50. The lowest BCUT2D eigenvalue weighted by Crippen LogP contribution is -2.03. The fourth-order valence-electron chi connectivity index (χ4n) is 0.996. The van der Waals surface area contributed by atoms with Crippen molar-refractivity contribution in [2.75, 3.05) is 0 Å². The SMILES string of the molecule is CC(=O)c1cc(F)c(S(=O)(=O)Cl)c(F)c1. The Labute approximate surface area is 89.1 Å². The van der Waals surface area contributed by atoms with Crippen LogP contribution in [0.4, 0.5) is 8.78 Å². The third-order valence-electron chi connectivity index (χ3n) is 1.65. The molecule has 0 N–H and O–H groups in total. The number of Topliss-reactive ketones (excluding diaryl/α,β-unsaturated/α-hetero) is 1. The lowest BCUT2D eigenvalue weighted by atomic mass is 10.1. The van der Waals surface area contributed by atoms with Crippen LogP contribution in [0.5, 0.6) is 0 Å². The van der Waals surface area contributed by atoms with Crippen LogP contribution in [0.25, 0.3) is 0 Å². The van der Waals surface area contributed by atoms with Crippen molar-refractivity contribution >= 4 is 25.5 Å². The second-order valence-electron chi connectivity index (χ2n) is 2.76. The molecule has 3 nitrogen and oxygen atoms in total. The Hall–Kier alpha value is -1.01. The first-order valence-electron chi connectivity index (χ1n) is 3.68. The Morgan fingerprint density at radius 3 is 1.93 bits per heavy atom. The predicted molar refractivity (Wildman–Crippen MR) is 49.4 cm³/mol. The van der Waals surface area contributed by atoms with Crippen LogP contribution in [0, 0.1) is 11.6 Å². The summed E-state index contributed by atoms with van der Waals surface area (Å²) in [5, 5.41) is 0. The van der Waals surface area contributed by atoms with Gasteiger partial charge in [0.25, 0.3) is 9.05 Å². The monoisotopic (exact) mass is 254 g/mol. The van der Waals surface area contributed by atoms with Crippen LogP contribution >= 0.6 is 10.7 Å². The van der Waals surface area contributed by atoms with Gasteiger partial charge in [-0.1, -0.05) is 0 Å². The molecule has 0 spiro atoms. The van der Waals surface area contributed by atoms with Gasteiger partial charge in [0.05, 0.1) is 0 Å². The summed E-state index contributed by atoms with van der Waals surface area (Å²) >= 11 is 0. The van der Waals surface area contributed by atoms with E-state index in [1.54, 1.807) is 0 Å². The van der Waals surface area contributed by atoms with Gasteiger partial charge >= 0.3 is 0 Å². The highest BCUT2D eigenvalue weighted by molar-refractivity contribution is 8.13. The summed E-state index contributed by atoms with van der Waals surface area (Å²) in [7, 11) is 0.313. The lowest BCUT2D eigenvalue weighted by Gasteiger charge is -2.02. The minimum Gasteiger partial charge on any atom is -0.295 e. The number of hydrogen-bond acceptors (Lipinski definition) is 3. The van der Waals surface area contributed by atoms with Crippen LogP contribution in [0.2, 0.25) is 0 Å². The smallest absolute Gasteiger partial charge is 0.267 e. The average molecular weight is 255 g/mol. The fraction of sp³-hybridized carbons (Fsp3) is 0.125. The van der Waals surface area contributed by atoms with Gasteiger partial charge in [0.1, 0.15) is 11.6 Å². The molecule has 0 fully saturated rings. The summed E-state index contributed by atoms with van der Waals surface area (Å²) in [6.07, 6.45) is 0. The maximum atomic E-state index is 13.1. The first-order valence-corrected chi connectivity index (χ1v) is 5.99. The molecular formula is C8H5ClF2O3S. The van der Waals surface area contributed by atoms with E-state index in [9.17, 15) is 22.0 Å². The highest BCUT2D eigenvalue weighted by Crippen LogP contribution is 2.23. The molecular weight excluding hydrogens is 250 g/mol. The quantitative estimate of drug-likeness (QED) is 0.600. The molecule has 1 rings (SSSR count). The van der Waals surface area contributed by atoms with E-state index in [1.165, 1.54) is 0 Å². The Kier molecular flexibility index (Phi) is 3.11. The molecule has 0 aliphatic heterocycles. The number of halogens is 3. The molecule has 82 valence electrons. The molecule has 7 heteroatoms. The van der Waals surface area contributed by atoms with Crippen molar-refractivity contribution in [1.82, 2.24) is 0 Å². The topological polar surface area (TPSA) is 51.2 Å². The van der Waals surface area contributed by atoms with Crippen molar-refractivity contribution in [3.63, 3.8) is 0 Å². The second-order valence-corrected chi connectivity index (χ2v) is 5.27. The normalized spacial score (nSPS) is 11.5. The first kappa shape index (κ1) is 12.1. The molecule has 0 saturated carbocycles. The van der Waals surface area contributed by atoms with Gasteiger partial charge in [-0.15, -0.1) is 0 Å². The molecule has 0 bridgehead atoms. The van der Waals surface area contributed by atoms with Gasteiger partial charge in [-0.3, -0.25) is 4.79 Å². The van der Waals surface area contributed by atoms with Crippen LogP contribution in [-0.2, 0) is 9.05 Å². The highest BCUT2D eigenvalue weighted by atomic mass is 35.7. The van der Waals surface area contributed by atoms with E-state index in [4.69, 9.17) is 10.7 Å². The zero-order valence-corrected chi connectivity index (χ0v) is 8.99. The molecule has 0 saturated heterocycles. The molecule has 0 heterocycles. The molecule has 0 atom stereocenters.